The predicted molar refractivity (Wildman–Crippen MR) is 79.9 cm³/mol. The molecule has 1 fully saturated rings. The van der Waals surface area contributed by atoms with E-state index in [1.807, 2.05) is 0 Å². The maximum atomic E-state index is 13.3. The fourth-order valence-corrected chi connectivity index (χ4v) is 2.63. The third-order valence-electron chi connectivity index (χ3n) is 3.64. The monoisotopic (exact) mass is 288 g/mol. The summed E-state index contributed by atoms with van der Waals surface area (Å²) in [7, 11) is 0. The summed E-state index contributed by atoms with van der Waals surface area (Å²) in [4.78, 5) is 14.3. The van der Waals surface area contributed by atoms with Crippen molar-refractivity contribution in [2.45, 2.75) is 19.4 Å². The van der Waals surface area contributed by atoms with Gasteiger partial charge in [0, 0.05) is 24.8 Å². The predicted octanol–water partition coefficient (Wildman–Crippen LogP) is 1.61. The number of anilines is 2. The standard InChI is InChI=1S/C15H17FN4O/c16-12-5-11(6-13(17)7-12)10-20-15(21)8-14(9-18-20)19-3-1-2-4-19/h5-9H,1-4,10,17H2. The average Bonchev–Trinajstić information content (AvgIpc) is 2.94. The molecule has 6 heteroatoms. The summed E-state index contributed by atoms with van der Waals surface area (Å²) in [5, 5.41) is 4.18. The van der Waals surface area contributed by atoms with Gasteiger partial charge in [-0.25, -0.2) is 9.07 Å². The molecule has 2 N–H and O–H groups in total. The Morgan fingerprint density at radius 3 is 2.62 bits per heavy atom. The van der Waals surface area contributed by atoms with Gasteiger partial charge in [-0.3, -0.25) is 4.79 Å². The van der Waals surface area contributed by atoms with Gasteiger partial charge in [-0.15, -0.1) is 0 Å². The van der Waals surface area contributed by atoms with Crippen LogP contribution in [0.25, 0.3) is 0 Å². The van der Waals surface area contributed by atoms with E-state index in [4.69, 9.17) is 5.73 Å². The number of aromatic nitrogens is 2. The van der Waals surface area contributed by atoms with Crippen LogP contribution in [0.3, 0.4) is 0 Å². The summed E-state index contributed by atoms with van der Waals surface area (Å²) in [6.07, 6.45) is 3.98. The second kappa shape index (κ2) is 5.55. The molecule has 0 amide bonds. The van der Waals surface area contributed by atoms with Crippen LogP contribution in [-0.2, 0) is 6.54 Å². The molecule has 0 bridgehead atoms. The Morgan fingerprint density at radius 1 is 1.19 bits per heavy atom. The highest BCUT2D eigenvalue weighted by atomic mass is 19.1. The molecule has 0 aliphatic carbocycles. The van der Waals surface area contributed by atoms with Crippen molar-refractivity contribution in [1.29, 1.82) is 0 Å². The number of rotatable bonds is 3. The fourth-order valence-electron chi connectivity index (χ4n) is 2.63. The van der Waals surface area contributed by atoms with Crippen molar-refractivity contribution in [3.05, 3.63) is 52.2 Å². The number of nitrogen functional groups attached to an aromatic ring is 1. The SMILES string of the molecule is Nc1cc(F)cc(Cn2ncc(N3CCCC3)cc2=O)c1. The maximum absolute atomic E-state index is 13.3. The Hall–Kier alpha value is -2.37. The minimum atomic E-state index is -0.410. The summed E-state index contributed by atoms with van der Waals surface area (Å²) >= 11 is 0. The van der Waals surface area contributed by atoms with E-state index in [9.17, 15) is 9.18 Å². The zero-order valence-corrected chi connectivity index (χ0v) is 11.6. The van der Waals surface area contributed by atoms with Crippen molar-refractivity contribution in [2.24, 2.45) is 0 Å². The van der Waals surface area contributed by atoms with Crippen molar-refractivity contribution in [3.8, 4) is 0 Å². The first-order chi connectivity index (χ1) is 10.1. The first-order valence-corrected chi connectivity index (χ1v) is 6.99. The number of nitrogens with two attached hydrogens (primary N) is 1. The Balaban J connectivity index is 1.84. The van der Waals surface area contributed by atoms with E-state index in [1.165, 1.54) is 16.8 Å². The van der Waals surface area contributed by atoms with Crippen molar-refractivity contribution in [3.63, 3.8) is 0 Å². The summed E-state index contributed by atoms with van der Waals surface area (Å²) in [5.41, 5.74) is 7.23. The third kappa shape index (κ3) is 3.04. The van der Waals surface area contributed by atoms with E-state index < -0.39 is 5.82 Å². The van der Waals surface area contributed by atoms with E-state index in [-0.39, 0.29) is 12.1 Å². The molecule has 1 saturated heterocycles. The van der Waals surface area contributed by atoms with Crippen molar-refractivity contribution in [2.75, 3.05) is 23.7 Å². The van der Waals surface area contributed by atoms with Crippen LogP contribution in [0.5, 0.6) is 0 Å². The lowest BCUT2D eigenvalue weighted by molar-refractivity contribution is 0.611. The lowest BCUT2D eigenvalue weighted by Crippen LogP contribution is -2.26. The first kappa shape index (κ1) is 13.6. The third-order valence-corrected chi connectivity index (χ3v) is 3.64. The maximum Gasteiger partial charge on any atom is 0.269 e. The van der Waals surface area contributed by atoms with E-state index in [1.54, 1.807) is 18.3 Å². The van der Waals surface area contributed by atoms with Crippen molar-refractivity contribution < 1.29 is 4.39 Å². The lowest BCUT2D eigenvalue weighted by Gasteiger charge is -2.17. The molecule has 21 heavy (non-hydrogen) atoms. The topological polar surface area (TPSA) is 64.2 Å². The summed E-state index contributed by atoms with van der Waals surface area (Å²) < 4.78 is 14.6. The zero-order valence-electron chi connectivity index (χ0n) is 11.6. The number of nitrogens with zero attached hydrogens (tertiary/aromatic N) is 3. The zero-order chi connectivity index (χ0) is 14.8. The van der Waals surface area contributed by atoms with Crippen LogP contribution in [-0.4, -0.2) is 22.9 Å². The van der Waals surface area contributed by atoms with Gasteiger partial charge < -0.3 is 10.6 Å². The smallest absolute Gasteiger partial charge is 0.269 e. The number of hydrogen-bond acceptors (Lipinski definition) is 4. The highest BCUT2D eigenvalue weighted by Crippen LogP contribution is 2.17. The van der Waals surface area contributed by atoms with Crippen LogP contribution < -0.4 is 16.2 Å². The molecule has 0 atom stereocenters. The summed E-state index contributed by atoms with van der Waals surface area (Å²) in [6.45, 7) is 2.14. The first-order valence-electron chi connectivity index (χ1n) is 6.99. The molecule has 5 nitrogen and oxygen atoms in total. The van der Waals surface area contributed by atoms with Gasteiger partial charge in [0.15, 0.2) is 0 Å². The highest BCUT2D eigenvalue weighted by molar-refractivity contribution is 5.44. The molecule has 1 aliphatic heterocycles. The molecule has 0 saturated carbocycles. The van der Waals surface area contributed by atoms with Crippen LogP contribution in [0.2, 0.25) is 0 Å². The van der Waals surface area contributed by atoms with E-state index in [0.29, 0.717) is 11.3 Å². The molecule has 0 spiro atoms. The van der Waals surface area contributed by atoms with Gasteiger partial charge in [-0.2, -0.15) is 5.10 Å². The molecular formula is C15H17FN4O. The number of hydrogen-bond donors (Lipinski definition) is 1. The Labute approximate surface area is 121 Å². The summed E-state index contributed by atoms with van der Waals surface area (Å²) in [6, 6.07) is 5.83. The molecule has 2 aromatic rings. The van der Waals surface area contributed by atoms with Crippen LogP contribution in [0.4, 0.5) is 15.8 Å². The molecule has 0 unspecified atom stereocenters. The van der Waals surface area contributed by atoms with Gasteiger partial charge in [-0.05, 0) is 36.6 Å². The molecule has 2 heterocycles. The molecule has 1 aromatic carbocycles. The number of halogens is 1. The van der Waals surface area contributed by atoms with E-state index >= 15 is 0 Å². The van der Waals surface area contributed by atoms with Gasteiger partial charge in [-0.1, -0.05) is 0 Å². The minimum absolute atomic E-state index is 0.192. The molecule has 1 aliphatic rings. The minimum Gasteiger partial charge on any atom is -0.399 e. The van der Waals surface area contributed by atoms with E-state index in [2.05, 4.69) is 10.00 Å². The van der Waals surface area contributed by atoms with Gasteiger partial charge >= 0.3 is 0 Å². The van der Waals surface area contributed by atoms with Crippen LogP contribution in [0.1, 0.15) is 18.4 Å². The van der Waals surface area contributed by atoms with Gasteiger partial charge in [0.05, 0.1) is 18.4 Å². The molecule has 0 radical (unpaired) electrons. The molecule has 3 rings (SSSR count). The quantitative estimate of drug-likeness (QED) is 0.872. The van der Waals surface area contributed by atoms with Crippen LogP contribution in [0, 0.1) is 5.82 Å². The Kier molecular flexibility index (Phi) is 3.60. The lowest BCUT2D eigenvalue weighted by atomic mass is 10.2. The Morgan fingerprint density at radius 2 is 1.95 bits per heavy atom. The molecule has 1 aromatic heterocycles. The second-order valence-electron chi connectivity index (χ2n) is 5.30. The molecule has 110 valence electrons. The normalized spacial score (nSPS) is 14.6. The van der Waals surface area contributed by atoms with Crippen LogP contribution >= 0.6 is 0 Å². The van der Waals surface area contributed by atoms with Crippen molar-refractivity contribution >= 4 is 11.4 Å². The Bertz CT molecular complexity index is 687. The van der Waals surface area contributed by atoms with Crippen LogP contribution in [0.15, 0.2) is 35.3 Å². The van der Waals surface area contributed by atoms with Gasteiger partial charge in [0.2, 0.25) is 0 Å². The average molecular weight is 288 g/mol. The molecular weight excluding hydrogens is 271 g/mol. The highest BCUT2D eigenvalue weighted by Gasteiger charge is 2.13. The van der Waals surface area contributed by atoms with E-state index in [0.717, 1.165) is 31.6 Å². The number of benzene rings is 1. The van der Waals surface area contributed by atoms with Gasteiger partial charge in [0.1, 0.15) is 5.82 Å². The van der Waals surface area contributed by atoms with Crippen molar-refractivity contribution in [1.82, 2.24) is 9.78 Å². The summed E-state index contributed by atoms with van der Waals surface area (Å²) in [5.74, 6) is -0.410. The second-order valence-corrected chi connectivity index (χ2v) is 5.30. The fraction of sp³-hybridized carbons (Fsp3) is 0.333. The van der Waals surface area contributed by atoms with Gasteiger partial charge in [0.25, 0.3) is 5.56 Å². The largest absolute Gasteiger partial charge is 0.399 e.